The molecular formula is C21H24ClN4O2. The Hall–Kier alpha value is -2.44. The maximum Gasteiger partial charge on any atom is 0.161 e. The van der Waals surface area contributed by atoms with Gasteiger partial charge in [0, 0.05) is 43.1 Å². The molecule has 1 aliphatic rings. The first kappa shape index (κ1) is 18.9. The number of anilines is 1. The molecule has 6 nitrogen and oxygen atoms in total. The highest BCUT2D eigenvalue weighted by molar-refractivity contribution is 6.31. The lowest BCUT2D eigenvalue weighted by Crippen LogP contribution is -2.47. The topological polar surface area (TPSA) is 53.6 Å². The predicted molar refractivity (Wildman–Crippen MR) is 112 cm³/mol. The summed E-state index contributed by atoms with van der Waals surface area (Å²) in [6.07, 6.45) is 0.978. The van der Waals surface area contributed by atoms with Crippen LogP contribution in [-0.2, 0) is 0 Å². The number of rotatable bonds is 7. The molecule has 2 aromatic carbocycles. The van der Waals surface area contributed by atoms with Crippen LogP contribution in [0.1, 0.15) is 6.42 Å². The largest absolute Gasteiger partial charge is 0.493 e. The molecule has 28 heavy (non-hydrogen) atoms. The zero-order chi connectivity index (χ0) is 19.3. The van der Waals surface area contributed by atoms with Crippen LogP contribution in [0.4, 0.5) is 5.82 Å². The molecule has 1 aliphatic heterocycles. The summed E-state index contributed by atoms with van der Waals surface area (Å²) < 4.78 is 11.1. The number of nitrogens with zero attached hydrogens (tertiary/aromatic N) is 3. The van der Waals surface area contributed by atoms with Gasteiger partial charge in [-0.05, 0) is 42.8 Å². The Balaban J connectivity index is 1.24. The number of aromatic amines is 1. The van der Waals surface area contributed by atoms with Gasteiger partial charge in [-0.15, -0.1) is 0 Å². The second-order valence-corrected chi connectivity index (χ2v) is 7.28. The van der Waals surface area contributed by atoms with Crippen molar-refractivity contribution < 1.29 is 9.47 Å². The van der Waals surface area contributed by atoms with E-state index < -0.39 is 0 Å². The summed E-state index contributed by atoms with van der Waals surface area (Å²) in [5.41, 5.74) is 0.982. The van der Waals surface area contributed by atoms with Crippen LogP contribution in [0.25, 0.3) is 10.9 Å². The molecule has 7 heteroatoms. The summed E-state index contributed by atoms with van der Waals surface area (Å²) in [6.45, 7) is 5.66. The zero-order valence-electron chi connectivity index (χ0n) is 15.9. The maximum atomic E-state index is 6.06. The van der Waals surface area contributed by atoms with E-state index in [0.717, 1.165) is 72.4 Å². The van der Waals surface area contributed by atoms with Gasteiger partial charge in [0.15, 0.2) is 17.3 Å². The third kappa shape index (κ3) is 4.18. The molecule has 0 spiro atoms. The molecular weight excluding hydrogens is 376 g/mol. The third-order valence-corrected chi connectivity index (χ3v) is 5.30. The number of hydrogen-bond acceptors (Lipinski definition) is 5. The fraction of sp³-hybridized carbons (Fsp3) is 0.381. The van der Waals surface area contributed by atoms with E-state index in [4.69, 9.17) is 21.1 Å². The summed E-state index contributed by atoms with van der Waals surface area (Å²) in [5.74, 6) is 2.52. The van der Waals surface area contributed by atoms with E-state index in [1.54, 1.807) is 13.2 Å². The minimum absolute atomic E-state index is 0.672. The van der Waals surface area contributed by atoms with Gasteiger partial charge in [-0.25, -0.2) is 0 Å². The Morgan fingerprint density at radius 1 is 1.18 bits per heavy atom. The number of piperazine rings is 1. The minimum atomic E-state index is 0.672. The second kappa shape index (κ2) is 8.71. The fourth-order valence-electron chi connectivity index (χ4n) is 3.55. The van der Waals surface area contributed by atoms with Gasteiger partial charge in [-0.1, -0.05) is 17.7 Å². The summed E-state index contributed by atoms with van der Waals surface area (Å²) in [6, 6.07) is 14.4. The van der Waals surface area contributed by atoms with Gasteiger partial charge < -0.3 is 14.4 Å². The van der Waals surface area contributed by atoms with Gasteiger partial charge in [0.2, 0.25) is 0 Å². The van der Waals surface area contributed by atoms with Crippen molar-refractivity contribution in [3.8, 4) is 11.5 Å². The Kier molecular flexibility index (Phi) is 5.88. The van der Waals surface area contributed by atoms with Crippen molar-refractivity contribution in [2.24, 2.45) is 0 Å². The molecule has 1 aromatic heterocycles. The number of methoxy groups -OCH3 is 1. The molecule has 0 unspecified atom stereocenters. The first-order valence-electron chi connectivity index (χ1n) is 9.52. The number of fused-ring (bicyclic) bond motifs is 1. The third-order valence-electron chi connectivity index (χ3n) is 5.06. The lowest BCUT2D eigenvalue weighted by Gasteiger charge is -2.35. The van der Waals surface area contributed by atoms with Crippen LogP contribution in [0.15, 0.2) is 36.4 Å². The minimum Gasteiger partial charge on any atom is -0.493 e. The monoisotopic (exact) mass is 399 g/mol. The average Bonchev–Trinajstić information content (AvgIpc) is 3.15. The van der Waals surface area contributed by atoms with Gasteiger partial charge in [0.1, 0.15) is 0 Å². The standard InChI is InChI=1S/C21H24ClN4O2/c1-27-19-5-2-3-6-20(19)28-14-4-9-25-10-12-26(13-11-25)21-17-8-7-16(22)15-18(17)23-24-21/h3,5-8,15H,4,9-14H2,1H3,(H,23,24). The molecule has 1 saturated heterocycles. The molecule has 2 heterocycles. The molecule has 3 aromatic rings. The summed E-state index contributed by atoms with van der Waals surface area (Å²) in [5, 5.41) is 9.43. The van der Waals surface area contributed by atoms with E-state index in [2.05, 4.69) is 26.1 Å². The number of H-pyrrole nitrogens is 1. The molecule has 0 aliphatic carbocycles. The quantitative estimate of drug-likeness (QED) is 0.615. The van der Waals surface area contributed by atoms with Crippen LogP contribution in [0.2, 0.25) is 5.02 Å². The number of nitrogens with one attached hydrogen (secondary N) is 1. The van der Waals surface area contributed by atoms with Crippen molar-refractivity contribution in [2.45, 2.75) is 6.42 Å². The highest BCUT2D eigenvalue weighted by atomic mass is 35.5. The molecule has 0 bridgehead atoms. The van der Waals surface area contributed by atoms with Gasteiger partial charge in [-0.2, -0.15) is 5.10 Å². The fourth-order valence-corrected chi connectivity index (χ4v) is 3.72. The first-order valence-corrected chi connectivity index (χ1v) is 9.90. The van der Waals surface area contributed by atoms with E-state index in [9.17, 15) is 0 Å². The molecule has 0 amide bonds. The van der Waals surface area contributed by atoms with Crippen molar-refractivity contribution >= 4 is 28.3 Å². The van der Waals surface area contributed by atoms with E-state index in [1.807, 2.05) is 30.3 Å². The molecule has 1 radical (unpaired) electrons. The number of halogens is 1. The van der Waals surface area contributed by atoms with E-state index in [1.165, 1.54) is 0 Å². The Bertz CT molecular complexity index is 922. The van der Waals surface area contributed by atoms with Gasteiger partial charge in [-0.3, -0.25) is 10.00 Å². The van der Waals surface area contributed by atoms with Gasteiger partial charge in [0.05, 0.1) is 19.2 Å². The normalized spacial score (nSPS) is 15.1. The van der Waals surface area contributed by atoms with Crippen LogP contribution in [0.5, 0.6) is 11.5 Å². The molecule has 147 valence electrons. The Morgan fingerprint density at radius 3 is 2.86 bits per heavy atom. The van der Waals surface area contributed by atoms with Crippen molar-refractivity contribution in [1.82, 2.24) is 15.1 Å². The predicted octanol–water partition coefficient (Wildman–Crippen LogP) is 3.62. The van der Waals surface area contributed by atoms with E-state index >= 15 is 0 Å². The van der Waals surface area contributed by atoms with E-state index in [0.29, 0.717) is 6.61 Å². The molecule has 1 fully saturated rings. The lowest BCUT2D eigenvalue weighted by molar-refractivity contribution is 0.221. The van der Waals surface area contributed by atoms with Crippen LogP contribution < -0.4 is 14.4 Å². The highest BCUT2D eigenvalue weighted by Crippen LogP contribution is 2.27. The number of aromatic nitrogens is 2. The van der Waals surface area contributed by atoms with Gasteiger partial charge in [0.25, 0.3) is 0 Å². The van der Waals surface area contributed by atoms with Crippen molar-refractivity contribution in [3.05, 3.63) is 47.5 Å². The second-order valence-electron chi connectivity index (χ2n) is 6.84. The zero-order valence-corrected chi connectivity index (χ0v) is 16.7. The summed E-state index contributed by atoms with van der Waals surface area (Å²) in [7, 11) is 1.65. The van der Waals surface area contributed by atoms with E-state index in [-0.39, 0.29) is 0 Å². The Morgan fingerprint density at radius 2 is 2.04 bits per heavy atom. The number of hydrogen-bond donors (Lipinski definition) is 1. The molecule has 0 saturated carbocycles. The van der Waals surface area contributed by atoms with Gasteiger partial charge >= 0.3 is 0 Å². The Labute approximate surface area is 170 Å². The summed E-state index contributed by atoms with van der Waals surface area (Å²) in [4.78, 5) is 4.81. The number of ether oxygens (including phenoxy) is 2. The van der Waals surface area contributed by atoms with Crippen molar-refractivity contribution in [1.29, 1.82) is 0 Å². The summed E-state index contributed by atoms with van der Waals surface area (Å²) >= 11 is 6.06. The highest BCUT2D eigenvalue weighted by Gasteiger charge is 2.20. The van der Waals surface area contributed by atoms with Crippen LogP contribution >= 0.6 is 11.6 Å². The average molecular weight is 400 g/mol. The van der Waals surface area contributed by atoms with Crippen LogP contribution in [0.3, 0.4) is 0 Å². The maximum absolute atomic E-state index is 6.06. The van der Waals surface area contributed by atoms with Crippen molar-refractivity contribution in [3.63, 3.8) is 0 Å². The van der Waals surface area contributed by atoms with Crippen LogP contribution in [-0.4, -0.2) is 61.5 Å². The first-order chi connectivity index (χ1) is 13.7. The van der Waals surface area contributed by atoms with Crippen molar-refractivity contribution in [2.75, 3.05) is 51.3 Å². The number of benzene rings is 2. The SMILES string of the molecule is COc1c[c]ccc1OCCCN1CCN(c2n[nH]c3cc(Cl)ccc23)CC1. The lowest BCUT2D eigenvalue weighted by atomic mass is 10.2. The smallest absolute Gasteiger partial charge is 0.161 e. The molecule has 1 N–H and O–H groups in total. The molecule has 0 atom stereocenters. The molecule has 4 rings (SSSR count). The van der Waals surface area contributed by atoms with Crippen LogP contribution in [0, 0.1) is 6.07 Å².